The van der Waals surface area contributed by atoms with Crippen LogP contribution >= 0.6 is 0 Å². The lowest BCUT2D eigenvalue weighted by Crippen LogP contribution is -2.39. The molecule has 1 saturated heterocycles. The van der Waals surface area contributed by atoms with Gasteiger partial charge < -0.3 is 16.0 Å². The summed E-state index contributed by atoms with van der Waals surface area (Å²) in [6, 6.07) is 15.7. The number of urea groups is 1. The van der Waals surface area contributed by atoms with E-state index in [0.717, 1.165) is 17.7 Å². The average Bonchev–Trinajstić information content (AvgIpc) is 3.24. The first-order valence-electron chi connectivity index (χ1n) is 10.7. The van der Waals surface area contributed by atoms with Gasteiger partial charge in [-0.2, -0.15) is 0 Å². The Kier molecular flexibility index (Phi) is 7.85. The van der Waals surface area contributed by atoms with Gasteiger partial charge in [-0.3, -0.25) is 9.69 Å². The Morgan fingerprint density at radius 3 is 1.97 bits per heavy atom. The second-order valence-corrected chi connectivity index (χ2v) is 8.16. The maximum Gasteiger partial charge on any atom is 0.315 e. The van der Waals surface area contributed by atoms with E-state index < -0.39 is 0 Å². The van der Waals surface area contributed by atoms with Crippen molar-refractivity contribution in [3.8, 4) is 0 Å². The molecule has 3 rings (SSSR count). The van der Waals surface area contributed by atoms with E-state index >= 15 is 0 Å². The zero-order valence-corrected chi connectivity index (χ0v) is 17.9. The second-order valence-electron chi connectivity index (χ2n) is 8.16. The van der Waals surface area contributed by atoms with Crippen molar-refractivity contribution in [2.24, 2.45) is 0 Å². The van der Waals surface area contributed by atoms with E-state index in [0.29, 0.717) is 18.7 Å². The zero-order valence-electron chi connectivity index (χ0n) is 17.9. The van der Waals surface area contributed by atoms with Crippen molar-refractivity contribution < 1.29 is 9.59 Å². The van der Waals surface area contributed by atoms with Crippen molar-refractivity contribution in [2.75, 3.05) is 13.1 Å². The number of nitrogens with one attached hydrogen (secondary N) is 3. The van der Waals surface area contributed by atoms with Crippen LogP contribution in [0.4, 0.5) is 4.79 Å². The van der Waals surface area contributed by atoms with E-state index in [1.807, 2.05) is 26.0 Å². The molecule has 0 unspecified atom stereocenters. The molecular weight excluding hydrogens is 376 g/mol. The SMILES string of the molecule is CC(C)NC(=O)NCc1ccc(C(=O)NCc2ccc(CN3CCCC3)cc2)cc1. The summed E-state index contributed by atoms with van der Waals surface area (Å²) in [6.45, 7) is 8.14. The molecule has 1 heterocycles. The summed E-state index contributed by atoms with van der Waals surface area (Å²) in [5.74, 6) is -0.104. The molecule has 30 heavy (non-hydrogen) atoms. The molecule has 6 nitrogen and oxygen atoms in total. The number of carbonyl (C=O) groups is 2. The van der Waals surface area contributed by atoms with Crippen LogP contribution in [0.25, 0.3) is 0 Å². The summed E-state index contributed by atoms with van der Waals surface area (Å²) < 4.78 is 0. The fraction of sp³-hybridized carbons (Fsp3) is 0.417. The number of amides is 3. The summed E-state index contributed by atoms with van der Waals surface area (Å²) in [7, 11) is 0. The molecule has 3 N–H and O–H groups in total. The lowest BCUT2D eigenvalue weighted by Gasteiger charge is -2.14. The van der Waals surface area contributed by atoms with Gasteiger partial charge in [-0.05, 0) is 68.6 Å². The molecule has 0 atom stereocenters. The standard InChI is InChI=1S/C24H32N4O2/c1-18(2)27-24(30)26-16-20-9-11-22(12-10-20)23(29)25-15-19-5-7-21(8-6-19)17-28-13-3-4-14-28/h5-12,18H,3-4,13-17H2,1-2H3,(H,25,29)(H2,26,27,30). The van der Waals surface area contributed by atoms with Gasteiger partial charge in [-0.25, -0.2) is 4.79 Å². The zero-order chi connectivity index (χ0) is 21.3. The minimum atomic E-state index is -0.196. The largest absolute Gasteiger partial charge is 0.348 e. The predicted octanol–water partition coefficient (Wildman–Crippen LogP) is 3.42. The van der Waals surface area contributed by atoms with Crippen molar-refractivity contribution in [3.63, 3.8) is 0 Å². The van der Waals surface area contributed by atoms with Crippen molar-refractivity contribution in [1.29, 1.82) is 0 Å². The quantitative estimate of drug-likeness (QED) is 0.627. The highest BCUT2D eigenvalue weighted by atomic mass is 16.2. The first-order valence-corrected chi connectivity index (χ1v) is 10.7. The molecule has 0 radical (unpaired) electrons. The Bertz CT molecular complexity index is 825. The fourth-order valence-corrected chi connectivity index (χ4v) is 3.52. The molecule has 0 aromatic heterocycles. The fourth-order valence-electron chi connectivity index (χ4n) is 3.52. The van der Waals surface area contributed by atoms with Crippen LogP contribution in [0.15, 0.2) is 48.5 Å². The molecule has 2 aromatic carbocycles. The van der Waals surface area contributed by atoms with E-state index in [4.69, 9.17) is 0 Å². The molecule has 0 spiro atoms. The number of carbonyl (C=O) groups excluding carboxylic acids is 2. The van der Waals surface area contributed by atoms with Crippen molar-refractivity contribution in [2.45, 2.75) is 52.4 Å². The van der Waals surface area contributed by atoms with Crippen LogP contribution in [-0.2, 0) is 19.6 Å². The highest BCUT2D eigenvalue weighted by molar-refractivity contribution is 5.94. The predicted molar refractivity (Wildman–Crippen MR) is 119 cm³/mol. The normalized spacial score (nSPS) is 14.0. The number of hydrogen-bond donors (Lipinski definition) is 3. The summed E-state index contributed by atoms with van der Waals surface area (Å²) >= 11 is 0. The monoisotopic (exact) mass is 408 g/mol. The minimum absolute atomic E-state index is 0.0948. The van der Waals surface area contributed by atoms with Crippen molar-refractivity contribution in [3.05, 3.63) is 70.8 Å². The Hall–Kier alpha value is -2.86. The molecular formula is C24H32N4O2. The molecule has 6 heteroatoms. The third-order valence-electron chi connectivity index (χ3n) is 5.17. The highest BCUT2D eigenvalue weighted by Crippen LogP contribution is 2.13. The van der Waals surface area contributed by atoms with Crippen LogP contribution in [-0.4, -0.2) is 36.0 Å². The van der Waals surface area contributed by atoms with E-state index in [2.05, 4.69) is 45.1 Å². The smallest absolute Gasteiger partial charge is 0.315 e. The third kappa shape index (κ3) is 6.88. The summed E-state index contributed by atoms with van der Waals surface area (Å²) in [4.78, 5) is 26.5. The van der Waals surface area contributed by atoms with Crippen LogP contribution in [0, 0.1) is 0 Å². The molecule has 2 aromatic rings. The first kappa shape index (κ1) is 21.8. The Morgan fingerprint density at radius 2 is 1.37 bits per heavy atom. The average molecular weight is 409 g/mol. The molecule has 1 fully saturated rings. The van der Waals surface area contributed by atoms with Crippen LogP contribution < -0.4 is 16.0 Å². The van der Waals surface area contributed by atoms with Gasteiger partial charge in [0, 0.05) is 31.2 Å². The molecule has 160 valence electrons. The number of rotatable bonds is 8. The first-order chi connectivity index (χ1) is 14.5. The number of benzene rings is 2. The van der Waals surface area contributed by atoms with Gasteiger partial charge in [-0.15, -0.1) is 0 Å². The van der Waals surface area contributed by atoms with Crippen LogP contribution in [0.5, 0.6) is 0 Å². The van der Waals surface area contributed by atoms with E-state index in [1.54, 1.807) is 12.1 Å². The van der Waals surface area contributed by atoms with Gasteiger partial charge in [0.15, 0.2) is 0 Å². The number of hydrogen-bond acceptors (Lipinski definition) is 3. The van der Waals surface area contributed by atoms with E-state index in [1.165, 1.54) is 31.5 Å². The summed E-state index contributed by atoms with van der Waals surface area (Å²) in [5, 5.41) is 8.55. The molecule has 1 aliphatic rings. The van der Waals surface area contributed by atoms with Crippen LogP contribution in [0.1, 0.15) is 53.7 Å². The highest BCUT2D eigenvalue weighted by Gasteiger charge is 2.11. The van der Waals surface area contributed by atoms with Crippen molar-refractivity contribution >= 4 is 11.9 Å². The molecule has 0 aliphatic carbocycles. The molecule has 0 bridgehead atoms. The number of nitrogens with zero attached hydrogens (tertiary/aromatic N) is 1. The lowest BCUT2D eigenvalue weighted by molar-refractivity contribution is 0.0951. The Morgan fingerprint density at radius 1 is 0.833 bits per heavy atom. The lowest BCUT2D eigenvalue weighted by atomic mass is 10.1. The van der Waals surface area contributed by atoms with Crippen LogP contribution in [0.2, 0.25) is 0 Å². The van der Waals surface area contributed by atoms with Gasteiger partial charge >= 0.3 is 6.03 Å². The van der Waals surface area contributed by atoms with Gasteiger partial charge in [0.05, 0.1) is 0 Å². The summed E-state index contributed by atoms with van der Waals surface area (Å²) in [6.07, 6.45) is 2.60. The summed E-state index contributed by atoms with van der Waals surface area (Å²) in [5.41, 5.74) is 3.96. The Labute approximate surface area is 179 Å². The van der Waals surface area contributed by atoms with Crippen LogP contribution in [0.3, 0.4) is 0 Å². The molecule has 3 amide bonds. The van der Waals surface area contributed by atoms with Gasteiger partial charge in [-0.1, -0.05) is 36.4 Å². The van der Waals surface area contributed by atoms with Gasteiger partial charge in [0.2, 0.25) is 0 Å². The van der Waals surface area contributed by atoms with Crippen molar-refractivity contribution in [1.82, 2.24) is 20.9 Å². The maximum atomic E-state index is 12.4. The van der Waals surface area contributed by atoms with Gasteiger partial charge in [0.1, 0.15) is 0 Å². The minimum Gasteiger partial charge on any atom is -0.348 e. The Balaban J connectivity index is 1.43. The second kappa shape index (κ2) is 10.8. The molecule has 0 saturated carbocycles. The number of likely N-dealkylation sites (tertiary alicyclic amines) is 1. The maximum absolute atomic E-state index is 12.4. The van der Waals surface area contributed by atoms with E-state index in [-0.39, 0.29) is 18.0 Å². The third-order valence-corrected chi connectivity index (χ3v) is 5.17. The topological polar surface area (TPSA) is 73.5 Å². The van der Waals surface area contributed by atoms with E-state index in [9.17, 15) is 9.59 Å². The molecule has 1 aliphatic heterocycles. The van der Waals surface area contributed by atoms with Gasteiger partial charge in [0.25, 0.3) is 5.91 Å².